The lowest BCUT2D eigenvalue weighted by molar-refractivity contribution is 0.194. The van der Waals surface area contributed by atoms with Crippen molar-refractivity contribution in [1.82, 2.24) is 10.2 Å². The third kappa shape index (κ3) is 5.35. The highest BCUT2D eigenvalue weighted by atomic mass is 32.1. The Morgan fingerprint density at radius 1 is 1.41 bits per heavy atom. The zero-order valence-electron chi connectivity index (χ0n) is 10.6. The van der Waals surface area contributed by atoms with Crippen LogP contribution in [0.2, 0.25) is 0 Å². The van der Waals surface area contributed by atoms with Crippen molar-refractivity contribution in [2.75, 3.05) is 13.1 Å². The van der Waals surface area contributed by atoms with Crippen LogP contribution in [0.3, 0.4) is 0 Å². The Morgan fingerprint density at radius 3 is 2.59 bits per heavy atom. The number of amides is 2. The fourth-order valence-electron chi connectivity index (χ4n) is 2.16. The molecule has 4 nitrogen and oxygen atoms in total. The molecule has 3 N–H and O–H groups in total. The smallest absolute Gasteiger partial charge is 0.317 e. The molecule has 98 valence electrons. The average molecular weight is 257 g/mol. The van der Waals surface area contributed by atoms with Gasteiger partial charge in [-0.2, -0.15) is 0 Å². The first-order valence-corrected chi connectivity index (χ1v) is 6.88. The molecule has 0 atom stereocenters. The molecule has 17 heavy (non-hydrogen) atoms. The molecule has 0 saturated heterocycles. The van der Waals surface area contributed by atoms with Crippen LogP contribution < -0.4 is 11.1 Å². The highest BCUT2D eigenvalue weighted by Gasteiger charge is 2.18. The number of hydrogen-bond acceptors (Lipinski definition) is 2. The predicted molar refractivity (Wildman–Crippen MR) is 74.1 cm³/mol. The summed E-state index contributed by atoms with van der Waals surface area (Å²) in [4.78, 5) is 14.2. The largest absolute Gasteiger partial charge is 0.393 e. The number of rotatable bonds is 5. The monoisotopic (exact) mass is 257 g/mol. The van der Waals surface area contributed by atoms with E-state index in [1.807, 2.05) is 6.92 Å². The first kappa shape index (κ1) is 14.2. The number of carbonyl (C=O) groups is 1. The Morgan fingerprint density at radius 2 is 2.06 bits per heavy atom. The van der Waals surface area contributed by atoms with Crippen LogP contribution in [0.4, 0.5) is 4.79 Å². The van der Waals surface area contributed by atoms with Crippen molar-refractivity contribution in [3.8, 4) is 0 Å². The number of urea groups is 1. The van der Waals surface area contributed by atoms with Gasteiger partial charge in [0.25, 0.3) is 0 Å². The van der Waals surface area contributed by atoms with Gasteiger partial charge in [-0.3, -0.25) is 0 Å². The van der Waals surface area contributed by atoms with Gasteiger partial charge >= 0.3 is 6.03 Å². The SMILES string of the molecule is CCN(CCC(N)=S)C(=O)NC1CCCCC1. The molecule has 0 spiro atoms. The summed E-state index contributed by atoms with van der Waals surface area (Å²) in [6, 6.07) is 0.380. The van der Waals surface area contributed by atoms with Crippen molar-refractivity contribution >= 4 is 23.2 Å². The molecule has 0 radical (unpaired) electrons. The number of carbonyl (C=O) groups excluding carboxylic acids is 1. The van der Waals surface area contributed by atoms with Crippen molar-refractivity contribution < 1.29 is 4.79 Å². The van der Waals surface area contributed by atoms with Gasteiger partial charge in [0.15, 0.2) is 0 Å². The normalized spacial score (nSPS) is 16.5. The Hall–Kier alpha value is -0.840. The molecule has 1 saturated carbocycles. The third-order valence-electron chi connectivity index (χ3n) is 3.23. The van der Waals surface area contributed by atoms with Crippen LogP contribution >= 0.6 is 12.2 Å². The zero-order valence-corrected chi connectivity index (χ0v) is 11.4. The Balaban J connectivity index is 2.34. The van der Waals surface area contributed by atoms with Crippen LogP contribution in [-0.4, -0.2) is 35.1 Å². The summed E-state index contributed by atoms with van der Waals surface area (Å²) in [5.74, 6) is 0. The maximum absolute atomic E-state index is 12.0. The summed E-state index contributed by atoms with van der Waals surface area (Å²) in [6.07, 6.45) is 6.57. The van der Waals surface area contributed by atoms with E-state index in [0.717, 1.165) is 12.8 Å². The fourth-order valence-corrected chi connectivity index (χ4v) is 2.25. The van der Waals surface area contributed by atoms with E-state index in [-0.39, 0.29) is 6.03 Å². The van der Waals surface area contributed by atoms with Crippen molar-refractivity contribution in [1.29, 1.82) is 0 Å². The van der Waals surface area contributed by atoms with E-state index in [0.29, 0.717) is 30.5 Å². The molecule has 0 aromatic carbocycles. The minimum atomic E-state index is 0.0238. The molecule has 0 bridgehead atoms. The summed E-state index contributed by atoms with van der Waals surface area (Å²) in [5, 5.41) is 3.10. The molecular weight excluding hydrogens is 234 g/mol. The lowest BCUT2D eigenvalue weighted by Crippen LogP contribution is -2.46. The first-order chi connectivity index (χ1) is 8.13. The number of hydrogen-bond donors (Lipinski definition) is 2. The quantitative estimate of drug-likeness (QED) is 0.741. The topological polar surface area (TPSA) is 58.4 Å². The lowest BCUT2D eigenvalue weighted by Gasteiger charge is -2.27. The van der Waals surface area contributed by atoms with Gasteiger partial charge in [-0.25, -0.2) is 4.79 Å². The molecule has 0 aromatic heterocycles. The third-order valence-corrected chi connectivity index (χ3v) is 3.43. The molecule has 1 aliphatic rings. The van der Waals surface area contributed by atoms with E-state index < -0.39 is 0 Å². The number of nitrogens with one attached hydrogen (secondary N) is 1. The van der Waals surface area contributed by atoms with Crippen LogP contribution in [0, 0.1) is 0 Å². The Kier molecular flexibility index (Phi) is 6.26. The molecule has 0 unspecified atom stereocenters. The molecule has 0 aromatic rings. The summed E-state index contributed by atoms with van der Waals surface area (Å²) in [5.41, 5.74) is 5.45. The van der Waals surface area contributed by atoms with E-state index in [9.17, 15) is 4.79 Å². The van der Waals surface area contributed by atoms with E-state index in [1.54, 1.807) is 4.90 Å². The van der Waals surface area contributed by atoms with Gasteiger partial charge < -0.3 is 16.0 Å². The van der Waals surface area contributed by atoms with E-state index in [1.165, 1.54) is 19.3 Å². The maximum atomic E-state index is 12.0. The second-order valence-corrected chi connectivity index (χ2v) is 5.10. The summed E-state index contributed by atoms with van der Waals surface area (Å²) in [7, 11) is 0. The molecule has 1 rings (SSSR count). The van der Waals surface area contributed by atoms with Gasteiger partial charge in [0.05, 0.1) is 4.99 Å². The van der Waals surface area contributed by atoms with E-state index in [4.69, 9.17) is 18.0 Å². The van der Waals surface area contributed by atoms with Crippen molar-refractivity contribution in [2.24, 2.45) is 5.73 Å². The standard InChI is InChI=1S/C12H23N3OS/c1-2-15(9-8-11(13)17)12(16)14-10-6-4-3-5-7-10/h10H,2-9H2,1H3,(H2,13,17)(H,14,16). The Labute approximate surface area is 109 Å². The number of thiocarbonyl (C=S) groups is 1. The summed E-state index contributed by atoms with van der Waals surface area (Å²) >= 11 is 4.83. The van der Waals surface area contributed by atoms with Crippen molar-refractivity contribution in [3.63, 3.8) is 0 Å². The Bertz CT molecular complexity index is 264. The van der Waals surface area contributed by atoms with Gasteiger partial charge in [-0.05, 0) is 19.8 Å². The maximum Gasteiger partial charge on any atom is 0.317 e. The van der Waals surface area contributed by atoms with Crippen LogP contribution in [0.5, 0.6) is 0 Å². The van der Waals surface area contributed by atoms with Gasteiger partial charge in [0, 0.05) is 25.6 Å². The highest BCUT2D eigenvalue weighted by molar-refractivity contribution is 7.80. The van der Waals surface area contributed by atoms with E-state index in [2.05, 4.69) is 5.32 Å². The highest BCUT2D eigenvalue weighted by Crippen LogP contribution is 2.17. The van der Waals surface area contributed by atoms with Gasteiger partial charge in [-0.15, -0.1) is 0 Å². The average Bonchev–Trinajstić information content (AvgIpc) is 2.30. The zero-order chi connectivity index (χ0) is 12.7. The van der Waals surface area contributed by atoms with E-state index >= 15 is 0 Å². The molecule has 0 heterocycles. The minimum Gasteiger partial charge on any atom is -0.393 e. The summed E-state index contributed by atoms with van der Waals surface area (Å²) < 4.78 is 0. The second kappa shape index (κ2) is 7.48. The molecule has 1 fully saturated rings. The predicted octanol–water partition coefficient (Wildman–Crippen LogP) is 2.03. The minimum absolute atomic E-state index is 0.0238. The van der Waals surface area contributed by atoms with Crippen LogP contribution in [-0.2, 0) is 0 Å². The fraction of sp³-hybridized carbons (Fsp3) is 0.833. The molecular formula is C12H23N3OS. The van der Waals surface area contributed by atoms with Gasteiger partial charge in [-0.1, -0.05) is 31.5 Å². The van der Waals surface area contributed by atoms with Gasteiger partial charge in [0.2, 0.25) is 0 Å². The van der Waals surface area contributed by atoms with Crippen LogP contribution in [0.1, 0.15) is 45.4 Å². The second-order valence-electron chi connectivity index (χ2n) is 4.58. The van der Waals surface area contributed by atoms with Crippen molar-refractivity contribution in [3.05, 3.63) is 0 Å². The molecule has 0 aliphatic heterocycles. The van der Waals surface area contributed by atoms with Crippen molar-refractivity contribution in [2.45, 2.75) is 51.5 Å². The molecule has 1 aliphatic carbocycles. The summed E-state index contributed by atoms with van der Waals surface area (Å²) in [6.45, 7) is 3.28. The van der Waals surface area contributed by atoms with Crippen LogP contribution in [0.25, 0.3) is 0 Å². The van der Waals surface area contributed by atoms with Crippen LogP contribution in [0.15, 0.2) is 0 Å². The number of nitrogens with two attached hydrogens (primary N) is 1. The number of nitrogens with zero attached hydrogens (tertiary/aromatic N) is 1. The molecule has 5 heteroatoms. The molecule has 2 amide bonds. The van der Waals surface area contributed by atoms with Gasteiger partial charge in [0.1, 0.15) is 0 Å². The lowest BCUT2D eigenvalue weighted by atomic mass is 9.96. The first-order valence-electron chi connectivity index (χ1n) is 6.47.